The molecule has 0 spiro atoms. The van der Waals surface area contributed by atoms with Crippen molar-refractivity contribution in [1.29, 1.82) is 0 Å². The minimum atomic E-state index is -0.258. The van der Waals surface area contributed by atoms with Crippen molar-refractivity contribution in [1.82, 2.24) is 10.6 Å². The number of halogens is 1. The summed E-state index contributed by atoms with van der Waals surface area (Å²) in [5.41, 5.74) is 1.93. The van der Waals surface area contributed by atoms with Crippen molar-refractivity contribution in [3.8, 4) is 0 Å². The number of hydrogen-bond donors (Lipinski definition) is 2. The maximum absolute atomic E-state index is 12.2. The summed E-state index contributed by atoms with van der Waals surface area (Å²) in [5, 5.41) is 5.95. The molecule has 1 aromatic carbocycles. The van der Waals surface area contributed by atoms with E-state index in [1.165, 1.54) is 0 Å². The molecular formula is C16H22BrN3O2. The summed E-state index contributed by atoms with van der Waals surface area (Å²) in [6, 6.07) is 5.81. The van der Waals surface area contributed by atoms with Crippen molar-refractivity contribution in [2.24, 2.45) is 5.92 Å². The van der Waals surface area contributed by atoms with Crippen molar-refractivity contribution < 1.29 is 9.59 Å². The number of amides is 2. The van der Waals surface area contributed by atoms with Gasteiger partial charge in [-0.2, -0.15) is 0 Å². The molecular weight excluding hydrogens is 346 g/mol. The number of hydrogen-bond acceptors (Lipinski definition) is 3. The lowest BCUT2D eigenvalue weighted by molar-refractivity contribution is -0.126. The second-order valence-corrected chi connectivity index (χ2v) is 6.44. The van der Waals surface area contributed by atoms with Crippen LogP contribution in [0.25, 0.3) is 0 Å². The van der Waals surface area contributed by atoms with Gasteiger partial charge in [0.15, 0.2) is 0 Å². The Morgan fingerprint density at radius 1 is 1.41 bits per heavy atom. The Morgan fingerprint density at radius 2 is 2.18 bits per heavy atom. The molecule has 1 unspecified atom stereocenters. The molecule has 2 rings (SSSR count). The second kappa shape index (κ2) is 7.74. The molecule has 2 amide bonds. The molecule has 0 radical (unpaired) electrons. The van der Waals surface area contributed by atoms with Gasteiger partial charge in [-0.3, -0.25) is 9.59 Å². The lowest BCUT2D eigenvalue weighted by Gasteiger charge is -2.17. The van der Waals surface area contributed by atoms with Crippen LogP contribution in [0.15, 0.2) is 22.7 Å². The molecule has 5 nitrogen and oxygen atoms in total. The van der Waals surface area contributed by atoms with E-state index in [0.29, 0.717) is 13.1 Å². The molecule has 1 heterocycles. The van der Waals surface area contributed by atoms with Crippen LogP contribution in [0, 0.1) is 12.8 Å². The smallest absolute Gasteiger partial charge is 0.227 e. The Morgan fingerprint density at radius 3 is 2.86 bits per heavy atom. The molecule has 0 saturated carbocycles. The highest BCUT2D eigenvalue weighted by atomic mass is 79.9. The van der Waals surface area contributed by atoms with Crippen LogP contribution in [0.3, 0.4) is 0 Å². The Balaban J connectivity index is 1.95. The van der Waals surface area contributed by atoms with Gasteiger partial charge in [0.25, 0.3) is 0 Å². The summed E-state index contributed by atoms with van der Waals surface area (Å²) in [5.74, 6) is -0.274. The number of anilines is 1. The van der Waals surface area contributed by atoms with E-state index in [4.69, 9.17) is 0 Å². The van der Waals surface area contributed by atoms with Gasteiger partial charge in [0, 0.05) is 29.7 Å². The number of nitrogens with one attached hydrogen (secondary N) is 2. The molecule has 6 heteroatoms. The Bertz CT molecular complexity index is 562. The molecule has 1 fully saturated rings. The largest absolute Gasteiger partial charge is 0.356 e. The van der Waals surface area contributed by atoms with E-state index in [0.717, 1.165) is 28.7 Å². The predicted octanol–water partition coefficient (Wildman–Crippen LogP) is 1.84. The zero-order valence-electron chi connectivity index (χ0n) is 13.0. The van der Waals surface area contributed by atoms with Gasteiger partial charge < -0.3 is 15.5 Å². The third-order valence-electron chi connectivity index (χ3n) is 3.85. The normalized spacial score (nSPS) is 17.9. The second-order valence-electron chi connectivity index (χ2n) is 5.59. The highest BCUT2D eigenvalue weighted by molar-refractivity contribution is 9.10. The first kappa shape index (κ1) is 17.0. The van der Waals surface area contributed by atoms with Crippen LogP contribution in [0.1, 0.15) is 18.4 Å². The zero-order valence-corrected chi connectivity index (χ0v) is 14.6. The van der Waals surface area contributed by atoms with Crippen LogP contribution >= 0.6 is 15.9 Å². The minimum Gasteiger partial charge on any atom is -0.356 e. The van der Waals surface area contributed by atoms with Crippen LogP contribution in [0.4, 0.5) is 5.69 Å². The predicted molar refractivity (Wildman–Crippen MR) is 90.9 cm³/mol. The number of carbonyl (C=O) groups excluding carboxylic acids is 2. The van der Waals surface area contributed by atoms with Gasteiger partial charge in [-0.25, -0.2) is 0 Å². The maximum Gasteiger partial charge on any atom is 0.227 e. The number of aryl methyl sites for hydroxylation is 1. The van der Waals surface area contributed by atoms with Crippen LogP contribution < -0.4 is 15.5 Å². The van der Waals surface area contributed by atoms with E-state index in [1.807, 2.05) is 32.2 Å². The first-order chi connectivity index (χ1) is 10.5. The van der Waals surface area contributed by atoms with Gasteiger partial charge in [-0.1, -0.05) is 15.9 Å². The summed E-state index contributed by atoms with van der Waals surface area (Å²) in [4.78, 5) is 26.0. The van der Waals surface area contributed by atoms with E-state index in [-0.39, 0.29) is 24.2 Å². The average molecular weight is 368 g/mol. The summed E-state index contributed by atoms with van der Waals surface area (Å²) in [7, 11) is 1.88. The van der Waals surface area contributed by atoms with E-state index in [9.17, 15) is 9.59 Å². The van der Waals surface area contributed by atoms with Crippen LogP contribution in [-0.4, -0.2) is 38.5 Å². The fraction of sp³-hybridized carbons (Fsp3) is 0.500. The van der Waals surface area contributed by atoms with Crippen LogP contribution in [0.5, 0.6) is 0 Å². The summed E-state index contributed by atoms with van der Waals surface area (Å²) in [6.07, 6.45) is 1.17. The van der Waals surface area contributed by atoms with Gasteiger partial charge in [0.2, 0.25) is 11.8 Å². The van der Waals surface area contributed by atoms with Crippen molar-refractivity contribution in [3.63, 3.8) is 0 Å². The van der Waals surface area contributed by atoms with Crippen molar-refractivity contribution in [3.05, 3.63) is 28.2 Å². The number of benzene rings is 1. The fourth-order valence-corrected chi connectivity index (χ4v) is 2.80. The number of nitrogens with zero attached hydrogens (tertiary/aromatic N) is 1. The third kappa shape index (κ3) is 4.08. The zero-order chi connectivity index (χ0) is 16.1. The molecule has 2 N–H and O–H groups in total. The molecule has 1 aliphatic rings. The Kier molecular flexibility index (Phi) is 5.97. The molecule has 0 aliphatic carbocycles. The van der Waals surface area contributed by atoms with E-state index >= 15 is 0 Å². The van der Waals surface area contributed by atoms with E-state index < -0.39 is 0 Å². The van der Waals surface area contributed by atoms with Gasteiger partial charge >= 0.3 is 0 Å². The van der Waals surface area contributed by atoms with Crippen molar-refractivity contribution in [2.45, 2.75) is 19.8 Å². The monoisotopic (exact) mass is 367 g/mol. The lowest BCUT2D eigenvalue weighted by Crippen LogP contribution is -2.34. The van der Waals surface area contributed by atoms with Crippen molar-refractivity contribution >= 4 is 33.4 Å². The molecule has 1 atom stereocenters. The van der Waals surface area contributed by atoms with E-state index in [1.54, 1.807) is 4.90 Å². The van der Waals surface area contributed by atoms with Crippen molar-refractivity contribution in [2.75, 3.05) is 31.6 Å². The maximum atomic E-state index is 12.2. The lowest BCUT2D eigenvalue weighted by atomic mass is 10.1. The Hall–Kier alpha value is -1.40. The fourth-order valence-electron chi connectivity index (χ4n) is 2.55. The number of carbonyl (C=O) groups is 2. The molecule has 0 aromatic heterocycles. The quantitative estimate of drug-likeness (QED) is 0.754. The van der Waals surface area contributed by atoms with Gasteiger partial charge in [0.1, 0.15) is 0 Å². The third-order valence-corrected chi connectivity index (χ3v) is 4.74. The first-order valence-corrected chi connectivity index (χ1v) is 8.31. The Labute approximate surface area is 139 Å². The minimum absolute atomic E-state index is 0.0112. The highest BCUT2D eigenvalue weighted by Crippen LogP contribution is 2.28. The standard InChI is InChI=1S/C16H22BrN3O2/c1-11-8-13(4-5-14(11)17)20-10-12(9-15(20)21)16(22)19-7-3-6-18-2/h4-5,8,12,18H,3,6-7,9-10H2,1-2H3,(H,19,22). The molecule has 0 bridgehead atoms. The first-order valence-electron chi connectivity index (χ1n) is 7.51. The van der Waals surface area contributed by atoms with Gasteiger partial charge in [0.05, 0.1) is 5.92 Å². The highest BCUT2D eigenvalue weighted by Gasteiger charge is 2.34. The van der Waals surface area contributed by atoms with E-state index in [2.05, 4.69) is 26.6 Å². The van der Waals surface area contributed by atoms with Crippen LogP contribution in [0.2, 0.25) is 0 Å². The SMILES string of the molecule is CNCCCNC(=O)C1CC(=O)N(c2ccc(Br)c(C)c2)C1. The summed E-state index contributed by atoms with van der Waals surface area (Å²) < 4.78 is 1.02. The molecule has 1 saturated heterocycles. The topological polar surface area (TPSA) is 61.4 Å². The van der Waals surface area contributed by atoms with Gasteiger partial charge in [-0.05, 0) is 50.7 Å². The van der Waals surface area contributed by atoms with Gasteiger partial charge in [-0.15, -0.1) is 0 Å². The molecule has 120 valence electrons. The summed E-state index contributed by atoms with van der Waals surface area (Å²) in [6.45, 7) is 3.95. The summed E-state index contributed by atoms with van der Waals surface area (Å²) >= 11 is 3.46. The molecule has 22 heavy (non-hydrogen) atoms. The molecule has 1 aliphatic heterocycles. The number of rotatable bonds is 6. The molecule has 1 aromatic rings. The average Bonchev–Trinajstić information content (AvgIpc) is 2.88. The van der Waals surface area contributed by atoms with Crippen LogP contribution in [-0.2, 0) is 9.59 Å².